The van der Waals surface area contributed by atoms with Crippen LogP contribution in [0.15, 0.2) is 89.8 Å². The molecule has 0 aliphatic heterocycles. The van der Waals surface area contributed by atoms with Crippen LogP contribution in [0.25, 0.3) is 11.1 Å². The van der Waals surface area contributed by atoms with Gasteiger partial charge < -0.3 is 5.11 Å². The molecule has 0 amide bonds. The number of nitrogens with zero attached hydrogens (tertiary/aromatic N) is 1. The molecule has 0 radical (unpaired) electrons. The van der Waals surface area contributed by atoms with E-state index < -0.39 is 22.5 Å². The number of rotatable bonds is 6. The van der Waals surface area contributed by atoms with Crippen molar-refractivity contribution in [3.63, 3.8) is 0 Å². The molecule has 5 nitrogen and oxygen atoms in total. The molecule has 1 N–H and O–H groups in total. The lowest BCUT2D eigenvalue weighted by atomic mass is 10.0. The molecule has 0 aromatic heterocycles. The third-order valence-electron chi connectivity index (χ3n) is 3.87. The number of benzene rings is 3. The lowest BCUT2D eigenvalue weighted by Gasteiger charge is -2.25. The van der Waals surface area contributed by atoms with Gasteiger partial charge in [-0.05, 0) is 23.8 Å². The Bertz CT molecular complexity index is 1000. The average molecular weight is 367 g/mol. The van der Waals surface area contributed by atoms with E-state index in [1.54, 1.807) is 42.5 Å². The third-order valence-corrected chi connectivity index (χ3v) is 5.64. The number of carboxylic acids is 1. The number of carboxylic acid groups (broad SMARTS) is 1. The van der Waals surface area contributed by atoms with Gasteiger partial charge >= 0.3 is 5.97 Å². The number of hydrogen-bond donors (Lipinski definition) is 1. The van der Waals surface area contributed by atoms with Crippen LogP contribution < -0.4 is 4.31 Å². The standard InChI is InChI=1S/C20H17NO4S/c22-20(23)15-21(26(24,25)17-11-5-2-6-12-17)19-14-8-7-13-18(19)16-9-3-1-4-10-16/h1-14H,15H2,(H,22,23). The molecule has 0 aliphatic rings. The van der Waals surface area contributed by atoms with Crippen LogP contribution in [-0.2, 0) is 14.8 Å². The summed E-state index contributed by atoms with van der Waals surface area (Å²) in [5.41, 5.74) is 1.78. The fourth-order valence-electron chi connectivity index (χ4n) is 2.70. The topological polar surface area (TPSA) is 74.7 Å². The molecule has 132 valence electrons. The van der Waals surface area contributed by atoms with E-state index in [0.29, 0.717) is 11.3 Å². The van der Waals surface area contributed by atoms with Gasteiger partial charge in [-0.2, -0.15) is 0 Å². The predicted octanol–water partition coefficient (Wildman–Crippen LogP) is 3.63. The van der Waals surface area contributed by atoms with Crippen molar-refractivity contribution in [2.75, 3.05) is 10.8 Å². The second kappa shape index (κ2) is 7.41. The summed E-state index contributed by atoms with van der Waals surface area (Å²) in [7, 11) is -4.03. The quantitative estimate of drug-likeness (QED) is 0.722. The highest BCUT2D eigenvalue weighted by Crippen LogP contribution is 2.33. The normalized spacial score (nSPS) is 11.1. The van der Waals surface area contributed by atoms with Crippen LogP contribution >= 0.6 is 0 Å². The second-order valence-corrected chi connectivity index (χ2v) is 7.46. The maximum absolute atomic E-state index is 13.1. The van der Waals surface area contributed by atoms with E-state index in [2.05, 4.69) is 0 Å². The Morgan fingerprint density at radius 2 is 1.35 bits per heavy atom. The van der Waals surface area contributed by atoms with Crippen molar-refractivity contribution in [3.05, 3.63) is 84.9 Å². The maximum atomic E-state index is 13.1. The first-order valence-electron chi connectivity index (χ1n) is 7.94. The minimum absolute atomic E-state index is 0.0455. The summed E-state index contributed by atoms with van der Waals surface area (Å²) in [6, 6.07) is 24.0. The zero-order chi connectivity index (χ0) is 18.6. The highest BCUT2D eigenvalue weighted by molar-refractivity contribution is 7.92. The van der Waals surface area contributed by atoms with Gasteiger partial charge in [0.15, 0.2) is 0 Å². The molecule has 26 heavy (non-hydrogen) atoms. The maximum Gasteiger partial charge on any atom is 0.324 e. The van der Waals surface area contributed by atoms with Crippen LogP contribution in [0.4, 0.5) is 5.69 Å². The van der Waals surface area contributed by atoms with E-state index in [1.807, 2.05) is 30.3 Å². The average Bonchev–Trinajstić information content (AvgIpc) is 2.67. The molecule has 0 spiro atoms. The number of anilines is 1. The number of hydrogen-bond acceptors (Lipinski definition) is 3. The molecule has 0 unspecified atom stereocenters. The van der Waals surface area contributed by atoms with E-state index in [0.717, 1.165) is 9.87 Å². The highest BCUT2D eigenvalue weighted by atomic mass is 32.2. The van der Waals surface area contributed by atoms with E-state index in [9.17, 15) is 18.3 Å². The summed E-state index contributed by atoms with van der Waals surface area (Å²) in [6.07, 6.45) is 0. The fraction of sp³-hybridized carbons (Fsp3) is 0.0500. The molecule has 6 heteroatoms. The van der Waals surface area contributed by atoms with Gasteiger partial charge in [0.05, 0.1) is 10.6 Å². The predicted molar refractivity (Wildman–Crippen MR) is 100 cm³/mol. The van der Waals surface area contributed by atoms with Crippen LogP contribution in [0.2, 0.25) is 0 Å². The molecule has 0 heterocycles. The Hall–Kier alpha value is -3.12. The van der Waals surface area contributed by atoms with Crippen molar-refractivity contribution in [1.82, 2.24) is 0 Å². The monoisotopic (exact) mass is 367 g/mol. The second-order valence-electron chi connectivity index (χ2n) is 5.60. The van der Waals surface area contributed by atoms with Crippen molar-refractivity contribution in [3.8, 4) is 11.1 Å². The van der Waals surface area contributed by atoms with Crippen molar-refractivity contribution in [1.29, 1.82) is 0 Å². The van der Waals surface area contributed by atoms with Gasteiger partial charge in [-0.3, -0.25) is 9.10 Å². The van der Waals surface area contributed by atoms with Crippen LogP contribution in [0.5, 0.6) is 0 Å². The Kier molecular flexibility index (Phi) is 5.04. The summed E-state index contributed by atoms with van der Waals surface area (Å²) < 4.78 is 27.2. The van der Waals surface area contributed by atoms with E-state index in [1.165, 1.54) is 12.1 Å². The largest absolute Gasteiger partial charge is 0.480 e. The minimum Gasteiger partial charge on any atom is -0.480 e. The van der Waals surface area contributed by atoms with Crippen LogP contribution in [0.1, 0.15) is 0 Å². The molecule has 3 aromatic rings. The molecule has 3 rings (SSSR count). The Labute approximate surface area is 152 Å². The Morgan fingerprint density at radius 1 is 0.808 bits per heavy atom. The molecule has 3 aromatic carbocycles. The van der Waals surface area contributed by atoms with Gasteiger partial charge in [-0.25, -0.2) is 8.42 Å². The summed E-state index contributed by atoms with van der Waals surface area (Å²) in [6.45, 7) is -0.666. The zero-order valence-corrected chi connectivity index (χ0v) is 14.6. The van der Waals surface area contributed by atoms with Gasteiger partial charge in [0, 0.05) is 5.56 Å². The first-order chi connectivity index (χ1) is 12.5. The Morgan fingerprint density at radius 3 is 1.96 bits per heavy atom. The number of aliphatic carboxylic acids is 1. The molecule has 0 fully saturated rings. The minimum atomic E-state index is -4.03. The Balaban J connectivity index is 2.18. The SMILES string of the molecule is O=C(O)CN(c1ccccc1-c1ccccc1)S(=O)(=O)c1ccccc1. The first kappa shape index (κ1) is 17.7. The van der Waals surface area contributed by atoms with Crippen molar-refractivity contribution in [2.24, 2.45) is 0 Å². The van der Waals surface area contributed by atoms with Crippen molar-refractivity contribution in [2.45, 2.75) is 4.90 Å². The van der Waals surface area contributed by atoms with Crippen LogP contribution in [0, 0.1) is 0 Å². The van der Waals surface area contributed by atoms with Gasteiger partial charge in [0.1, 0.15) is 6.54 Å². The smallest absolute Gasteiger partial charge is 0.324 e. The first-order valence-corrected chi connectivity index (χ1v) is 9.38. The van der Waals surface area contributed by atoms with Gasteiger partial charge in [0.25, 0.3) is 10.0 Å². The fourth-order valence-corrected chi connectivity index (χ4v) is 4.15. The van der Waals surface area contributed by atoms with E-state index in [4.69, 9.17) is 0 Å². The van der Waals surface area contributed by atoms with E-state index >= 15 is 0 Å². The number of para-hydroxylation sites is 1. The summed E-state index contributed by atoms with van der Waals surface area (Å²) in [5.74, 6) is -1.23. The van der Waals surface area contributed by atoms with Gasteiger partial charge in [-0.1, -0.05) is 66.7 Å². The summed E-state index contributed by atoms with van der Waals surface area (Å²) in [4.78, 5) is 11.4. The lowest BCUT2D eigenvalue weighted by Crippen LogP contribution is -2.36. The van der Waals surface area contributed by atoms with Crippen LogP contribution in [0.3, 0.4) is 0 Å². The third kappa shape index (κ3) is 3.60. The molecular formula is C20H17NO4S. The lowest BCUT2D eigenvalue weighted by molar-refractivity contribution is -0.135. The van der Waals surface area contributed by atoms with Crippen LogP contribution in [-0.4, -0.2) is 26.0 Å². The molecule has 0 aliphatic carbocycles. The van der Waals surface area contributed by atoms with E-state index in [-0.39, 0.29) is 4.90 Å². The highest BCUT2D eigenvalue weighted by Gasteiger charge is 2.28. The summed E-state index contributed by atoms with van der Waals surface area (Å²) in [5, 5.41) is 9.31. The van der Waals surface area contributed by atoms with Gasteiger partial charge in [0.2, 0.25) is 0 Å². The molecular weight excluding hydrogens is 350 g/mol. The zero-order valence-electron chi connectivity index (χ0n) is 13.8. The molecule has 0 bridgehead atoms. The van der Waals surface area contributed by atoms with Crippen molar-refractivity contribution >= 4 is 21.7 Å². The van der Waals surface area contributed by atoms with Gasteiger partial charge in [-0.15, -0.1) is 0 Å². The van der Waals surface area contributed by atoms with Crippen molar-refractivity contribution < 1.29 is 18.3 Å². The number of carbonyl (C=O) groups is 1. The molecule has 0 saturated carbocycles. The summed E-state index contributed by atoms with van der Waals surface area (Å²) >= 11 is 0. The molecule has 0 saturated heterocycles. The molecule has 0 atom stereocenters. The number of sulfonamides is 1.